The van der Waals surface area contributed by atoms with Crippen molar-refractivity contribution in [1.82, 2.24) is 10.2 Å². The lowest BCUT2D eigenvalue weighted by atomic mass is 9.99. The molecule has 0 radical (unpaired) electrons. The van der Waals surface area contributed by atoms with Gasteiger partial charge in [0.15, 0.2) is 17.5 Å². The number of esters is 1. The molecule has 7 nitrogen and oxygen atoms in total. The molecule has 1 saturated heterocycles. The maximum Gasteiger partial charge on any atom is 0.310 e. The third-order valence-corrected chi connectivity index (χ3v) is 5.93. The fraction of sp³-hybridized carbons (Fsp3) is 0.636. The summed E-state index contributed by atoms with van der Waals surface area (Å²) in [6, 6.07) is 5.97. The maximum absolute atomic E-state index is 12.0. The van der Waals surface area contributed by atoms with Crippen LogP contribution >= 0.6 is 24.0 Å². The van der Waals surface area contributed by atoms with Crippen LogP contribution in [0, 0.1) is 11.8 Å². The zero-order valence-electron chi connectivity index (χ0n) is 18.3. The summed E-state index contributed by atoms with van der Waals surface area (Å²) in [6.07, 6.45) is 4.87. The second kappa shape index (κ2) is 11.6. The first-order chi connectivity index (χ1) is 14.1. The molecule has 0 spiro atoms. The Balaban J connectivity index is 0.00000320. The Bertz CT molecular complexity index is 737. The minimum absolute atomic E-state index is 0. The van der Waals surface area contributed by atoms with Gasteiger partial charge in [-0.15, -0.1) is 24.0 Å². The number of aliphatic imine (C=N–C) groups is 1. The first kappa shape index (κ1) is 24.6. The molecule has 2 fully saturated rings. The van der Waals surface area contributed by atoms with Gasteiger partial charge in [-0.3, -0.25) is 9.79 Å². The van der Waals surface area contributed by atoms with Crippen LogP contribution in [0.2, 0.25) is 0 Å². The summed E-state index contributed by atoms with van der Waals surface area (Å²) >= 11 is 0. The molecule has 0 bridgehead atoms. The van der Waals surface area contributed by atoms with Gasteiger partial charge in [-0.2, -0.15) is 0 Å². The molecule has 1 aromatic rings. The normalized spacial score (nSPS) is 21.9. The van der Waals surface area contributed by atoms with Crippen molar-refractivity contribution in [3.05, 3.63) is 23.8 Å². The Hall–Kier alpha value is -1.71. The van der Waals surface area contributed by atoms with Gasteiger partial charge in [0.25, 0.3) is 0 Å². The Morgan fingerprint density at radius 2 is 1.97 bits per heavy atom. The SMILES string of the molecule is CN=C(NCc1cccc(OC)c1OC1CCCC1)N1CC(C)C(C(=O)OC)C1.I. The summed E-state index contributed by atoms with van der Waals surface area (Å²) in [4.78, 5) is 18.5. The standard InChI is InChI=1S/C22H33N3O4.HI/c1-15-13-25(14-18(15)21(26)28-4)22(23-2)24-12-16-8-7-11-19(27-3)20(16)29-17-9-5-6-10-17;/h7-8,11,15,17-18H,5-6,9-10,12-14H2,1-4H3,(H,23,24);1H. The van der Waals surface area contributed by atoms with Gasteiger partial charge in [-0.05, 0) is 37.7 Å². The van der Waals surface area contributed by atoms with Crippen molar-refractivity contribution < 1.29 is 19.0 Å². The van der Waals surface area contributed by atoms with Crippen molar-refractivity contribution in [1.29, 1.82) is 0 Å². The summed E-state index contributed by atoms with van der Waals surface area (Å²) < 4.78 is 16.8. The van der Waals surface area contributed by atoms with E-state index in [0.717, 1.165) is 42.4 Å². The molecule has 0 amide bonds. The zero-order valence-corrected chi connectivity index (χ0v) is 20.7. The highest BCUT2D eigenvalue weighted by atomic mass is 127. The zero-order chi connectivity index (χ0) is 20.8. The van der Waals surface area contributed by atoms with Crippen LogP contribution in [0.15, 0.2) is 23.2 Å². The first-order valence-electron chi connectivity index (χ1n) is 10.4. The topological polar surface area (TPSA) is 72.4 Å². The summed E-state index contributed by atoms with van der Waals surface area (Å²) in [5.41, 5.74) is 1.04. The molecular formula is C22H34IN3O4. The minimum Gasteiger partial charge on any atom is -0.493 e. The molecule has 1 saturated carbocycles. The van der Waals surface area contributed by atoms with E-state index in [1.54, 1.807) is 14.2 Å². The number of hydrogen-bond acceptors (Lipinski definition) is 5. The van der Waals surface area contributed by atoms with Crippen molar-refractivity contribution in [2.75, 3.05) is 34.4 Å². The van der Waals surface area contributed by atoms with Crippen LogP contribution in [0.5, 0.6) is 11.5 Å². The predicted molar refractivity (Wildman–Crippen MR) is 128 cm³/mol. The molecule has 30 heavy (non-hydrogen) atoms. The molecule has 3 rings (SSSR count). The van der Waals surface area contributed by atoms with Gasteiger partial charge in [0.2, 0.25) is 0 Å². The number of carbonyl (C=O) groups is 1. The van der Waals surface area contributed by atoms with E-state index < -0.39 is 0 Å². The molecule has 2 unspecified atom stereocenters. The number of ether oxygens (including phenoxy) is 3. The Morgan fingerprint density at radius 3 is 2.60 bits per heavy atom. The highest BCUT2D eigenvalue weighted by Gasteiger charge is 2.36. The average Bonchev–Trinajstić information content (AvgIpc) is 3.38. The van der Waals surface area contributed by atoms with Gasteiger partial charge in [0, 0.05) is 32.2 Å². The van der Waals surface area contributed by atoms with E-state index in [2.05, 4.69) is 28.2 Å². The molecule has 2 atom stereocenters. The second-order valence-electron chi connectivity index (χ2n) is 7.89. The van der Waals surface area contributed by atoms with Crippen LogP contribution in [0.1, 0.15) is 38.2 Å². The number of nitrogens with zero attached hydrogens (tertiary/aromatic N) is 2. The van der Waals surface area contributed by atoms with Crippen LogP contribution in [-0.4, -0.2) is 57.3 Å². The molecule has 1 aliphatic heterocycles. The summed E-state index contributed by atoms with van der Waals surface area (Å²) in [5.74, 6) is 2.28. The van der Waals surface area contributed by atoms with E-state index >= 15 is 0 Å². The van der Waals surface area contributed by atoms with Crippen LogP contribution in [0.4, 0.5) is 0 Å². The number of likely N-dealkylation sites (tertiary alicyclic amines) is 1. The number of carbonyl (C=O) groups excluding carboxylic acids is 1. The molecule has 8 heteroatoms. The fourth-order valence-electron chi connectivity index (χ4n) is 4.27. The lowest BCUT2D eigenvalue weighted by Gasteiger charge is -2.23. The van der Waals surface area contributed by atoms with Crippen molar-refractivity contribution in [2.45, 2.75) is 45.3 Å². The van der Waals surface area contributed by atoms with Crippen molar-refractivity contribution in [3.8, 4) is 11.5 Å². The summed E-state index contributed by atoms with van der Waals surface area (Å²) in [5, 5.41) is 3.43. The van der Waals surface area contributed by atoms with Crippen LogP contribution < -0.4 is 14.8 Å². The maximum atomic E-state index is 12.0. The number of halogens is 1. The molecular weight excluding hydrogens is 497 g/mol. The number of benzene rings is 1. The third-order valence-electron chi connectivity index (χ3n) is 5.93. The van der Waals surface area contributed by atoms with Crippen molar-refractivity contribution in [2.24, 2.45) is 16.8 Å². The molecule has 2 aliphatic rings. The summed E-state index contributed by atoms with van der Waals surface area (Å²) in [7, 11) is 4.88. The Morgan fingerprint density at radius 1 is 1.23 bits per heavy atom. The molecule has 168 valence electrons. The number of methoxy groups -OCH3 is 2. The van der Waals surface area contributed by atoms with Crippen LogP contribution in [0.25, 0.3) is 0 Å². The molecule has 1 heterocycles. The van der Waals surface area contributed by atoms with Gasteiger partial charge >= 0.3 is 5.97 Å². The lowest BCUT2D eigenvalue weighted by molar-refractivity contribution is -0.145. The van der Waals surface area contributed by atoms with Gasteiger partial charge < -0.3 is 24.4 Å². The van der Waals surface area contributed by atoms with Gasteiger partial charge in [0.05, 0.1) is 26.2 Å². The van der Waals surface area contributed by atoms with E-state index in [-0.39, 0.29) is 47.9 Å². The monoisotopic (exact) mass is 531 g/mol. The molecule has 1 aliphatic carbocycles. The van der Waals surface area contributed by atoms with E-state index in [4.69, 9.17) is 14.2 Å². The first-order valence-corrected chi connectivity index (χ1v) is 10.4. The lowest BCUT2D eigenvalue weighted by Crippen LogP contribution is -2.40. The third kappa shape index (κ3) is 5.70. The molecule has 1 N–H and O–H groups in total. The molecule has 0 aromatic heterocycles. The smallest absolute Gasteiger partial charge is 0.310 e. The van der Waals surface area contributed by atoms with E-state index in [0.29, 0.717) is 13.1 Å². The van der Waals surface area contributed by atoms with Gasteiger partial charge in [-0.1, -0.05) is 19.1 Å². The number of guanidine groups is 1. The van der Waals surface area contributed by atoms with E-state index in [1.165, 1.54) is 20.0 Å². The molecule has 1 aromatic carbocycles. The number of nitrogens with one attached hydrogen (secondary N) is 1. The quantitative estimate of drug-likeness (QED) is 0.263. The van der Waals surface area contributed by atoms with Crippen LogP contribution in [-0.2, 0) is 16.1 Å². The Labute approximate surface area is 196 Å². The predicted octanol–water partition coefficient (Wildman–Crippen LogP) is 3.45. The number of hydrogen-bond donors (Lipinski definition) is 1. The highest BCUT2D eigenvalue weighted by molar-refractivity contribution is 14.0. The largest absolute Gasteiger partial charge is 0.493 e. The van der Waals surface area contributed by atoms with E-state index in [9.17, 15) is 4.79 Å². The second-order valence-corrected chi connectivity index (χ2v) is 7.89. The summed E-state index contributed by atoms with van der Waals surface area (Å²) in [6.45, 7) is 4.02. The van der Waals surface area contributed by atoms with Gasteiger partial charge in [-0.25, -0.2) is 0 Å². The highest BCUT2D eigenvalue weighted by Crippen LogP contribution is 2.35. The minimum atomic E-state index is -0.157. The average molecular weight is 531 g/mol. The number of para-hydroxylation sites is 1. The van der Waals surface area contributed by atoms with Crippen molar-refractivity contribution >= 4 is 35.9 Å². The van der Waals surface area contributed by atoms with Crippen LogP contribution in [0.3, 0.4) is 0 Å². The number of rotatable bonds is 6. The van der Waals surface area contributed by atoms with Crippen molar-refractivity contribution in [3.63, 3.8) is 0 Å². The Kier molecular flexibility index (Phi) is 9.51. The van der Waals surface area contributed by atoms with Gasteiger partial charge in [0.1, 0.15) is 0 Å². The van der Waals surface area contributed by atoms with E-state index in [1.807, 2.05) is 12.1 Å². The fourth-order valence-corrected chi connectivity index (χ4v) is 4.27.